The maximum Gasteiger partial charge on any atom is 0.359 e. The van der Waals surface area contributed by atoms with E-state index < -0.39 is 5.63 Å². The van der Waals surface area contributed by atoms with E-state index in [1.807, 2.05) is 24.3 Å². The van der Waals surface area contributed by atoms with Gasteiger partial charge >= 0.3 is 5.63 Å². The number of aromatic hydroxyl groups is 1. The van der Waals surface area contributed by atoms with Gasteiger partial charge in [-0.15, -0.1) is 0 Å². The van der Waals surface area contributed by atoms with Crippen molar-refractivity contribution in [1.82, 2.24) is 0 Å². The maximum absolute atomic E-state index is 12.0. The van der Waals surface area contributed by atoms with Crippen LogP contribution in [0.3, 0.4) is 0 Å². The van der Waals surface area contributed by atoms with Crippen LogP contribution in [0.1, 0.15) is 23.1 Å². The fourth-order valence-electron chi connectivity index (χ4n) is 3.00. The third-order valence-electron chi connectivity index (χ3n) is 4.68. The molecule has 0 aliphatic heterocycles. The Balaban J connectivity index is 1.58. The van der Waals surface area contributed by atoms with Crippen LogP contribution in [-0.2, 0) is 17.8 Å². The van der Waals surface area contributed by atoms with E-state index >= 15 is 0 Å². The number of hydrogen-bond donors (Lipinski definition) is 3. The molecule has 1 aliphatic carbocycles. The summed E-state index contributed by atoms with van der Waals surface area (Å²) in [5.41, 5.74) is 14.3. The minimum atomic E-state index is -0.594. The first-order valence-corrected chi connectivity index (χ1v) is 8.50. The van der Waals surface area contributed by atoms with Crippen molar-refractivity contribution in [2.75, 3.05) is 5.73 Å². The molecule has 0 spiro atoms. The highest BCUT2D eigenvalue weighted by molar-refractivity contribution is 5.85. The average Bonchev–Trinajstić information content (AvgIpc) is 3.33. The van der Waals surface area contributed by atoms with Crippen LogP contribution >= 0.6 is 0 Å². The van der Waals surface area contributed by atoms with Crippen LogP contribution in [0.5, 0.6) is 5.75 Å². The molecule has 1 heterocycles. The lowest BCUT2D eigenvalue weighted by atomic mass is 9.99. The molecule has 1 saturated carbocycles. The second kappa shape index (κ2) is 6.48. The number of rotatable bonds is 5. The normalized spacial score (nSPS) is 19.0. The first-order chi connectivity index (χ1) is 12.5. The Hall–Kier alpha value is -2.83. The number of ether oxygens (including phenoxy) is 1. The van der Waals surface area contributed by atoms with Crippen LogP contribution in [0.4, 0.5) is 5.69 Å². The van der Waals surface area contributed by atoms with Gasteiger partial charge in [0.2, 0.25) is 0 Å². The van der Waals surface area contributed by atoms with Gasteiger partial charge in [-0.2, -0.15) is 0 Å². The van der Waals surface area contributed by atoms with E-state index in [4.69, 9.17) is 20.6 Å². The quantitative estimate of drug-likeness (QED) is 0.608. The molecule has 5 N–H and O–H groups in total. The number of nitrogens with two attached hydrogens (primary N) is 2. The Morgan fingerprint density at radius 3 is 2.54 bits per heavy atom. The first-order valence-electron chi connectivity index (χ1n) is 8.50. The van der Waals surface area contributed by atoms with Crippen molar-refractivity contribution in [3.8, 4) is 5.75 Å². The molecule has 26 heavy (non-hydrogen) atoms. The highest BCUT2D eigenvalue weighted by atomic mass is 16.5. The van der Waals surface area contributed by atoms with E-state index in [-0.39, 0.29) is 23.6 Å². The summed E-state index contributed by atoms with van der Waals surface area (Å²) in [6.07, 6.45) is 1.60. The number of phenolic OH excluding ortho intramolecular Hbond substituents is 1. The summed E-state index contributed by atoms with van der Waals surface area (Å²) in [6.45, 7) is 0.540. The van der Waals surface area contributed by atoms with Crippen molar-refractivity contribution >= 4 is 16.7 Å². The van der Waals surface area contributed by atoms with Crippen molar-refractivity contribution in [3.05, 3.63) is 69.6 Å². The van der Waals surface area contributed by atoms with Crippen LogP contribution in [0.15, 0.2) is 51.7 Å². The number of benzene rings is 2. The van der Waals surface area contributed by atoms with E-state index in [0.29, 0.717) is 24.2 Å². The molecule has 2 aromatic carbocycles. The van der Waals surface area contributed by atoms with E-state index in [0.717, 1.165) is 22.9 Å². The molecular weight excluding hydrogens is 332 g/mol. The summed E-state index contributed by atoms with van der Waals surface area (Å²) < 4.78 is 10.9. The molecule has 0 amide bonds. The topological polar surface area (TPSA) is 112 Å². The summed E-state index contributed by atoms with van der Waals surface area (Å²) in [5.74, 6) is 0.0381. The van der Waals surface area contributed by atoms with Gasteiger partial charge in [-0.1, -0.05) is 24.3 Å². The Labute approximate surface area is 150 Å². The number of hydrogen-bond acceptors (Lipinski definition) is 6. The Morgan fingerprint density at radius 1 is 1.15 bits per heavy atom. The first kappa shape index (κ1) is 16.6. The summed E-state index contributed by atoms with van der Waals surface area (Å²) in [5, 5.41) is 10.3. The van der Waals surface area contributed by atoms with Gasteiger partial charge in [-0.05, 0) is 35.2 Å². The number of fused-ring (bicyclic) bond motifs is 1. The molecule has 3 aromatic rings. The third kappa shape index (κ3) is 3.29. The molecule has 0 bridgehead atoms. The lowest BCUT2D eigenvalue weighted by Crippen LogP contribution is -2.11. The van der Waals surface area contributed by atoms with Gasteiger partial charge in [-0.25, -0.2) is 4.79 Å². The van der Waals surface area contributed by atoms with Crippen LogP contribution in [0.25, 0.3) is 11.0 Å². The van der Waals surface area contributed by atoms with Gasteiger partial charge in [0.05, 0.1) is 12.7 Å². The third-order valence-corrected chi connectivity index (χ3v) is 4.68. The highest BCUT2D eigenvalue weighted by Gasteiger charge is 2.34. The van der Waals surface area contributed by atoms with Gasteiger partial charge in [0.25, 0.3) is 0 Å². The number of anilines is 1. The summed E-state index contributed by atoms with van der Waals surface area (Å²) >= 11 is 0. The number of phenols is 1. The van der Waals surface area contributed by atoms with Crippen LogP contribution in [-0.4, -0.2) is 17.3 Å². The fraction of sp³-hybridized carbons (Fsp3) is 0.250. The zero-order chi connectivity index (χ0) is 18.3. The molecule has 0 saturated heterocycles. The van der Waals surface area contributed by atoms with Gasteiger partial charge in [0, 0.05) is 23.9 Å². The Morgan fingerprint density at radius 2 is 1.85 bits per heavy atom. The lowest BCUT2D eigenvalue weighted by Gasteiger charge is -2.10. The standard InChI is InChI=1S/C20H20N2O4/c21-16-9-18(16)25-10-12-3-1-11(2-4-12)7-15-14-6-5-13(23)8-17(14)26-20(24)19(15)22/h1-6,8,16,18,23H,7,9-10,21-22H2. The molecule has 1 fully saturated rings. The molecule has 1 aliphatic rings. The molecule has 134 valence electrons. The fourth-order valence-corrected chi connectivity index (χ4v) is 3.00. The van der Waals surface area contributed by atoms with E-state index in [9.17, 15) is 9.90 Å². The monoisotopic (exact) mass is 352 g/mol. The van der Waals surface area contributed by atoms with Crippen LogP contribution in [0, 0.1) is 0 Å². The second-order valence-electron chi connectivity index (χ2n) is 6.70. The molecule has 6 nitrogen and oxygen atoms in total. The van der Waals surface area contributed by atoms with Crippen molar-refractivity contribution in [3.63, 3.8) is 0 Å². The summed E-state index contributed by atoms with van der Waals surface area (Å²) in [7, 11) is 0. The minimum Gasteiger partial charge on any atom is -0.508 e. The zero-order valence-electron chi connectivity index (χ0n) is 14.1. The Kier molecular flexibility index (Phi) is 4.14. The maximum atomic E-state index is 12.0. The number of nitrogen functional groups attached to an aromatic ring is 1. The minimum absolute atomic E-state index is 0.0381. The largest absolute Gasteiger partial charge is 0.508 e. The van der Waals surface area contributed by atoms with Crippen molar-refractivity contribution in [2.45, 2.75) is 31.6 Å². The summed E-state index contributed by atoms with van der Waals surface area (Å²) in [4.78, 5) is 12.0. The van der Waals surface area contributed by atoms with Gasteiger partial charge in [0.15, 0.2) is 0 Å². The van der Waals surface area contributed by atoms with Crippen molar-refractivity contribution < 1.29 is 14.3 Å². The molecule has 2 unspecified atom stereocenters. The highest BCUT2D eigenvalue weighted by Crippen LogP contribution is 2.27. The van der Waals surface area contributed by atoms with Gasteiger partial charge < -0.3 is 25.7 Å². The predicted molar refractivity (Wildman–Crippen MR) is 99.0 cm³/mol. The summed E-state index contributed by atoms with van der Waals surface area (Å²) in [6, 6.07) is 12.8. The smallest absolute Gasteiger partial charge is 0.359 e. The zero-order valence-corrected chi connectivity index (χ0v) is 14.1. The van der Waals surface area contributed by atoms with E-state index in [1.165, 1.54) is 6.07 Å². The van der Waals surface area contributed by atoms with Gasteiger partial charge in [0.1, 0.15) is 17.0 Å². The predicted octanol–water partition coefficient (Wildman–Crippen LogP) is 2.29. The molecule has 2 atom stereocenters. The molecular formula is C20H20N2O4. The average molecular weight is 352 g/mol. The molecule has 6 heteroatoms. The van der Waals surface area contributed by atoms with Crippen molar-refractivity contribution in [1.29, 1.82) is 0 Å². The van der Waals surface area contributed by atoms with E-state index in [2.05, 4.69) is 0 Å². The molecule has 0 radical (unpaired) electrons. The van der Waals surface area contributed by atoms with E-state index in [1.54, 1.807) is 12.1 Å². The van der Waals surface area contributed by atoms with Gasteiger partial charge in [-0.3, -0.25) is 0 Å². The Bertz CT molecular complexity index is 1010. The molecule has 1 aromatic heterocycles. The SMILES string of the molecule is Nc1c(Cc2ccc(COC3CC3N)cc2)c2ccc(O)cc2oc1=O. The van der Waals surface area contributed by atoms with Crippen molar-refractivity contribution in [2.24, 2.45) is 5.73 Å². The molecule has 4 rings (SSSR count). The van der Waals surface area contributed by atoms with Crippen LogP contribution < -0.4 is 17.1 Å². The second-order valence-corrected chi connectivity index (χ2v) is 6.70. The lowest BCUT2D eigenvalue weighted by molar-refractivity contribution is 0.102. The van der Waals surface area contributed by atoms with Crippen LogP contribution in [0.2, 0.25) is 0 Å².